The van der Waals surface area contributed by atoms with Crippen molar-refractivity contribution in [2.45, 2.75) is 25.8 Å². The van der Waals surface area contributed by atoms with E-state index in [1.807, 2.05) is 6.92 Å². The van der Waals surface area contributed by atoms with Gasteiger partial charge in [-0.15, -0.1) is 0 Å². The largest absolute Gasteiger partial charge is 0.497 e. The van der Waals surface area contributed by atoms with Gasteiger partial charge >= 0.3 is 12.0 Å². The average molecular weight is 280 g/mol. The normalized spacial score (nSPS) is 11.6. The summed E-state index contributed by atoms with van der Waals surface area (Å²) >= 11 is 0. The number of methoxy groups -OCH3 is 1. The summed E-state index contributed by atoms with van der Waals surface area (Å²) in [6.45, 7) is 1.87. The zero-order valence-electron chi connectivity index (χ0n) is 11.9. The molecule has 0 heterocycles. The van der Waals surface area contributed by atoms with Gasteiger partial charge in [0.25, 0.3) is 0 Å². The van der Waals surface area contributed by atoms with Gasteiger partial charge in [0.05, 0.1) is 7.11 Å². The Labute approximate surface area is 118 Å². The molecule has 1 rings (SSSR count). The van der Waals surface area contributed by atoms with E-state index in [-0.39, 0.29) is 0 Å². The first-order chi connectivity index (χ1) is 9.49. The summed E-state index contributed by atoms with van der Waals surface area (Å²) in [4.78, 5) is 24.4. The molecule has 1 aromatic carbocycles. The van der Waals surface area contributed by atoms with Crippen LogP contribution in [0.4, 0.5) is 10.5 Å². The Bertz CT molecular complexity index is 459. The number of carbonyl (C=O) groups excluding carboxylic acids is 1. The number of carbonyl (C=O) groups is 2. The van der Waals surface area contributed by atoms with Gasteiger partial charge in [-0.1, -0.05) is 13.3 Å². The lowest BCUT2D eigenvalue weighted by Crippen LogP contribution is -2.46. The molecule has 6 heteroatoms. The van der Waals surface area contributed by atoms with E-state index >= 15 is 0 Å². The molecule has 0 bridgehead atoms. The lowest BCUT2D eigenvalue weighted by molar-refractivity contribution is -0.139. The van der Waals surface area contributed by atoms with Crippen LogP contribution in [-0.2, 0) is 4.79 Å². The van der Waals surface area contributed by atoms with Crippen LogP contribution < -0.4 is 15.0 Å². The molecule has 2 amide bonds. The molecule has 0 fully saturated rings. The molecule has 0 aromatic heterocycles. The van der Waals surface area contributed by atoms with Gasteiger partial charge in [0.1, 0.15) is 11.8 Å². The molecule has 6 nitrogen and oxygen atoms in total. The first-order valence-corrected chi connectivity index (χ1v) is 6.40. The highest BCUT2D eigenvalue weighted by atomic mass is 16.5. The van der Waals surface area contributed by atoms with Crippen LogP contribution in [0.2, 0.25) is 0 Å². The highest BCUT2D eigenvalue weighted by molar-refractivity contribution is 5.94. The molecule has 0 aliphatic heterocycles. The van der Waals surface area contributed by atoms with Crippen LogP contribution >= 0.6 is 0 Å². The number of amides is 2. The second-order valence-corrected chi connectivity index (χ2v) is 4.39. The van der Waals surface area contributed by atoms with Crippen molar-refractivity contribution < 1.29 is 19.4 Å². The predicted molar refractivity (Wildman–Crippen MR) is 76.3 cm³/mol. The van der Waals surface area contributed by atoms with E-state index in [0.717, 1.165) is 0 Å². The minimum Gasteiger partial charge on any atom is -0.497 e. The lowest BCUT2D eigenvalue weighted by atomic mass is 10.2. The monoisotopic (exact) mass is 280 g/mol. The highest BCUT2D eigenvalue weighted by Crippen LogP contribution is 2.18. The minimum absolute atomic E-state index is 0.400. The molecule has 20 heavy (non-hydrogen) atoms. The first-order valence-electron chi connectivity index (χ1n) is 6.40. The van der Waals surface area contributed by atoms with Crippen LogP contribution in [0.3, 0.4) is 0 Å². The van der Waals surface area contributed by atoms with Gasteiger partial charge in [-0.2, -0.15) is 0 Å². The van der Waals surface area contributed by atoms with Gasteiger partial charge in [-0.3, -0.25) is 4.90 Å². The molecule has 0 aliphatic rings. The third kappa shape index (κ3) is 4.15. The van der Waals surface area contributed by atoms with Gasteiger partial charge in [0.15, 0.2) is 0 Å². The Morgan fingerprint density at radius 1 is 1.35 bits per heavy atom. The summed E-state index contributed by atoms with van der Waals surface area (Å²) in [7, 11) is 3.15. The van der Waals surface area contributed by atoms with Crippen molar-refractivity contribution in [2.24, 2.45) is 0 Å². The van der Waals surface area contributed by atoms with Crippen molar-refractivity contribution in [3.8, 4) is 5.75 Å². The van der Waals surface area contributed by atoms with E-state index in [1.165, 1.54) is 4.90 Å². The summed E-state index contributed by atoms with van der Waals surface area (Å²) in [5, 5.41) is 11.5. The Hall–Kier alpha value is -2.24. The number of ether oxygens (including phenoxy) is 1. The van der Waals surface area contributed by atoms with Gasteiger partial charge < -0.3 is 15.2 Å². The van der Waals surface area contributed by atoms with E-state index in [0.29, 0.717) is 24.3 Å². The molecule has 1 aromatic rings. The second kappa shape index (κ2) is 7.37. The first kappa shape index (κ1) is 15.8. The Morgan fingerprint density at radius 2 is 1.95 bits per heavy atom. The second-order valence-electron chi connectivity index (χ2n) is 4.39. The SMILES string of the molecule is CCC[C@H](NC(=O)N(C)c1ccc(OC)cc1)C(=O)O. The number of hydrogen-bond donors (Lipinski definition) is 2. The molecule has 1 atom stereocenters. The van der Waals surface area contributed by atoms with Crippen LogP contribution in [0.5, 0.6) is 5.75 Å². The Balaban J connectivity index is 2.71. The van der Waals surface area contributed by atoms with Gasteiger partial charge in [0.2, 0.25) is 0 Å². The van der Waals surface area contributed by atoms with Crippen molar-refractivity contribution in [3.05, 3.63) is 24.3 Å². The third-order valence-corrected chi connectivity index (χ3v) is 2.94. The number of urea groups is 1. The van der Waals surface area contributed by atoms with E-state index in [9.17, 15) is 9.59 Å². The third-order valence-electron chi connectivity index (χ3n) is 2.94. The molecule has 2 N–H and O–H groups in total. The van der Waals surface area contributed by atoms with Crippen LogP contribution in [0.25, 0.3) is 0 Å². The molecule has 0 spiro atoms. The molecule has 0 saturated heterocycles. The predicted octanol–water partition coefficient (Wildman–Crippen LogP) is 2.09. The van der Waals surface area contributed by atoms with E-state index in [1.54, 1.807) is 38.4 Å². The van der Waals surface area contributed by atoms with E-state index in [4.69, 9.17) is 9.84 Å². The summed E-state index contributed by atoms with van der Waals surface area (Å²) in [6.07, 6.45) is 1.08. The number of rotatable bonds is 6. The summed E-state index contributed by atoms with van der Waals surface area (Å²) in [6, 6.07) is 5.62. The van der Waals surface area contributed by atoms with Crippen molar-refractivity contribution in [1.29, 1.82) is 0 Å². The molecule has 0 aliphatic carbocycles. The lowest BCUT2D eigenvalue weighted by Gasteiger charge is -2.21. The number of carboxylic acids is 1. The summed E-state index contributed by atoms with van der Waals surface area (Å²) in [5.74, 6) is -0.333. The van der Waals surface area contributed by atoms with Gasteiger partial charge in [-0.05, 0) is 30.7 Å². The van der Waals surface area contributed by atoms with Crippen molar-refractivity contribution in [2.75, 3.05) is 19.1 Å². The zero-order chi connectivity index (χ0) is 15.1. The number of benzene rings is 1. The fraction of sp³-hybridized carbons (Fsp3) is 0.429. The number of nitrogens with zero attached hydrogens (tertiary/aromatic N) is 1. The van der Waals surface area contributed by atoms with Crippen LogP contribution in [0.1, 0.15) is 19.8 Å². The number of hydrogen-bond acceptors (Lipinski definition) is 3. The fourth-order valence-electron chi connectivity index (χ4n) is 1.72. The number of carboxylic acid groups (broad SMARTS) is 1. The molecule has 0 saturated carbocycles. The quantitative estimate of drug-likeness (QED) is 0.836. The van der Waals surface area contributed by atoms with Crippen LogP contribution in [-0.4, -0.2) is 37.3 Å². The standard InChI is InChI=1S/C14H20N2O4/c1-4-5-12(13(17)18)15-14(19)16(2)10-6-8-11(20-3)9-7-10/h6-9,12H,4-5H2,1-3H3,(H,15,19)(H,17,18)/t12-/m0/s1. The smallest absolute Gasteiger partial charge is 0.326 e. The Morgan fingerprint density at radius 3 is 2.40 bits per heavy atom. The van der Waals surface area contributed by atoms with Gasteiger partial charge in [0, 0.05) is 12.7 Å². The minimum atomic E-state index is -1.02. The molecule has 110 valence electrons. The summed E-state index contributed by atoms with van der Waals surface area (Å²) < 4.78 is 5.04. The van der Waals surface area contributed by atoms with Crippen LogP contribution in [0.15, 0.2) is 24.3 Å². The fourth-order valence-corrected chi connectivity index (χ4v) is 1.72. The average Bonchev–Trinajstić information content (AvgIpc) is 2.45. The topological polar surface area (TPSA) is 78.9 Å². The molecule has 0 unspecified atom stereocenters. The zero-order valence-corrected chi connectivity index (χ0v) is 11.9. The number of aliphatic carboxylic acids is 1. The maximum atomic E-state index is 12.0. The van der Waals surface area contributed by atoms with Gasteiger partial charge in [-0.25, -0.2) is 9.59 Å². The highest BCUT2D eigenvalue weighted by Gasteiger charge is 2.21. The van der Waals surface area contributed by atoms with Crippen molar-refractivity contribution in [3.63, 3.8) is 0 Å². The van der Waals surface area contributed by atoms with Crippen molar-refractivity contribution in [1.82, 2.24) is 5.32 Å². The molecular weight excluding hydrogens is 260 g/mol. The molecular formula is C14H20N2O4. The summed E-state index contributed by atoms with van der Waals surface area (Å²) in [5.41, 5.74) is 0.656. The number of nitrogens with one attached hydrogen (secondary N) is 1. The van der Waals surface area contributed by atoms with Crippen molar-refractivity contribution >= 4 is 17.7 Å². The maximum Gasteiger partial charge on any atom is 0.326 e. The van der Waals surface area contributed by atoms with Crippen LogP contribution in [0, 0.1) is 0 Å². The Kier molecular flexibility index (Phi) is 5.83. The van der Waals surface area contributed by atoms with E-state index in [2.05, 4.69) is 5.32 Å². The maximum absolute atomic E-state index is 12.0. The number of anilines is 1. The molecule has 0 radical (unpaired) electrons. The van der Waals surface area contributed by atoms with E-state index < -0.39 is 18.0 Å².